The number of nitrogens with zero attached hydrogens (tertiary/aromatic N) is 3. The number of carboxylic acids is 1. The fourth-order valence-corrected chi connectivity index (χ4v) is 5.02. The zero-order valence-electron chi connectivity index (χ0n) is 20.8. The topological polar surface area (TPSA) is 134 Å². The van der Waals surface area contributed by atoms with E-state index in [1.165, 1.54) is 13.0 Å². The van der Waals surface area contributed by atoms with Crippen LogP contribution in [0.2, 0.25) is 0 Å². The summed E-state index contributed by atoms with van der Waals surface area (Å²) in [5.41, 5.74) is 3.06. The number of carbonyl (C=O) groups is 2. The molecular formula is C27H30FN3O6. The Morgan fingerprint density at radius 3 is 2.24 bits per heavy atom. The highest BCUT2D eigenvalue weighted by molar-refractivity contribution is 5.94. The van der Waals surface area contributed by atoms with Crippen LogP contribution in [-0.4, -0.2) is 76.3 Å². The predicted octanol–water partition coefficient (Wildman–Crippen LogP) is 2.25. The molecule has 10 heteroatoms. The minimum atomic E-state index is -1.19. The molecule has 3 unspecified atom stereocenters. The number of benzene rings is 2. The molecule has 0 bridgehead atoms. The van der Waals surface area contributed by atoms with E-state index >= 15 is 0 Å². The number of rotatable bonds is 8. The molecule has 2 aromatic rings. The minimum absolute atomic E-state index is 0.0329. The molecule has 4 rings (SSSR count). The smallest absolute Gasteiger partial charge is 0.338 e. The Morgan fingerprint density at radius 2 is 1.68 bits per heavy atom. The summed E-state index contributed by atoms with van der Waals surface area (Å²) in [5.74, 6) is -3.24. The van der Waals surface area contributed by atoms with Crippen molar-refractivity contribution in [2.24, 2.45) is 0 Å². The van der Waals surface area contributed by atoms with Gasteiger partial charge in [-0.3, -0.25) is 14.6 Å². The maximum atomic E-state index is 14.7. The van der Waals surface area contributed by atoms with E-state index in [-0.39, 0.29) is 35.8 Å². The molecule has 1 saturated heterocycles. The second-order valence-corrected chi connectivity index (χ2v) is 9.65. The Balaban J connectivity index is 1.36. The molecule has 9 nitrogen and oxygen atoms in total. The van der Waals surface area contributed by atoms with Gasteiger partial charge in [-0.2, -0.15) is 5.26 Å². The fourth-order valence-electron chi connectivity index (χ4n) is 5.02. The van der Waals surface area contributed by atoms with Crippen molar-refractivity contribution in [3.8, 4) is 6.07 Å². The van der Waals surface area contributed by atoms with E-state index in [0.717, 1.165) is 22.8 Å². The maximum Gasteiger partial charge on any atom is 0.338 e. The van der Waals surface area contributed by atoms with Crippen molar-refractivity contribution in [1.82, 2.24) is 9.80 Å². The number of piperazine rings is 1. The Kier molecular flexibility index (Phi) is 7.90. The first-order valence-electron chi connectivity index (χ1n) is 12.2. The van der Waals surface area contributed by atoms with Crippen LogP contribution >= 0.6 is 0 Å². The first kappa shape index (κ1) is 26.7. The average Bonchev–Trinajstić information content (AvgIpc) is 3.26. The molecule has 2 aliphatic heterocycles. The third kappa shape index (κ3) is 5.50. The fraction of sp³-hybridized carbons (Fsp3) is 0.444. The largest absolute Gasteiger partial charge is 0.481 e. The van der Waals surface area contributed by atoms with Crippen LogP contribution in [0.3, 0.4) is 0 Å². The lowest BCUT2D eigenvalue weighted by molar-refractivity contribution is -0.138. The normalized spacial score (nSPS) is 18.5. The number of fused-ring (bicyclic) bond motifs is 1. The zero-order chi connectivity index (χ0) is 26.9. The number of nitriles is 1. The van der Waals surface area contributed by atoms with Crippen molar-refractivity contribution >= 4 is 11.9 Å². The highest BCUT2D eigenvalue weighted by Gasteiger charge is 2.28. The summed E-state index contributed by atoms with van der Waals surface area (Å²) < 4.78 is 19.7. The first-order chi connectivity index (χ1) is 17.6. The monoisotopic (exact) mass is 511 g/mol. The highest BCUT2D eigenvalue weighted by Crippen LogP contribution is 2.30. The predicted molar refractivity (Wildman–Crippen MR) is 130 cm³/mol. The molecule has 3 N–H and O–H groups in total. The lowest BCUT2D eigenvalue weighted by Crippen LogP contribution is -2.48. The number of cyclic esters (lactones) is 1. The summed E-state index contributed by atoms with van der Waals surface area (Å²) in [5, 5.41) is 40.2. The van der Waals surface area contributed by atoms with E-state index in [0.29, 0.717) is 38.3 Å². The number of aliphatic carboxylic acids is 1. The van der Waals surface area contributed by atoms with Gasteiger partial charge in [0.05, 0.1) is 35.3 Å². The summed E-state index contributed by atoms with van der Waals surface area (Å²) in [4.78, 5) is 27.3. The number of aliphatic hydroxyl groups is 2. The molecule has 0 saturated carbocycles. The number of ether oxygens (including phenoxy) is 1. The molecule has 2 aliphatic rings. The lowest BCUT2D eigenvalue weighted by Gasteiger charge is -2.36. The highest BCUT2D eigenvalue weighted by atomic mass is 19.1. The van der Waals surface area contributed by atoms with Crippen molar-refractivity contribution in [2.45, 2.75) is 38.6 Å². The minimum Gasteiger partial charge on any atom is -0.481 e. The van der Waals surface area contributed by atoms with E-state index in [4.69, 9.17) is 4.74 Å². The molecule has 0 spiro atoms. The van der Waals surface area contributed by atoms with Crippen molar-refractivity contribution in [1.29, 1.82) is 5.26 Å². The van der Waals surface area contributed by atoms with Gasteiger partial charge in [0.25, 0.3) is 0 Å². The molecule has 0 aromatic heterocycles. The van der Waals surface area contributed by atoms with E-state index in [9.17, 15) is 34.6 Å². The maximum absolute atomic E-state index is 14.7. The average molecular weight is 512 g/mol. The third-order valence-corrected chi connectivity index (χ3v) is 7.38. The Hall–Kier alpha value is -3.36. The van der Waals surface area contributed by atoms with Gasteiger partial charge < -0.3 is 20.1 Å². The van der Waals surface area contributed by atoms with E-state index in [2.05, 4.69) is 4.90 Å². The van der Waals surface area contributed by atoms with Gasteiger partial charge in [-0.05, 0) is 48.7 Å². The molecule has 196 valence electrons. The molecule has 1 fully saturated rings. The molecule has 2 aromatic carbocycles. The number of halogens is 1. The van der Waals surface area contributed by atoms with Gasteiger partial charge in [-0.1, -0.05) is 6.07 Å². The summed E-state index contributed by atoms with van der Waals surface area (Å²) >= 11 is 0. The number of carbonyl (C=O) groups excluding carboxylic acids is 1. The molecular weight excluding hydrogens is 481 g/mol. The number of β-amino-alcohol motifs (C(OH)–C–C–N with tert-alkyl or cyclic N) is 2. The summed E-state index contributed by atoms with van der Waals surface area (Å²) in [6.45, 7) is 6.51. The van der Waals surface area contributed by atoms with Crippen molar-refractivity contribution < 1.29 is 34.0 Å². The van der Waals surface area contributed by atoms with Gasteiger partial charge in [0, 0.05) is 50.4 Å². The first-order valence-corrected chi connectivity index (χ1v) is 12.2. The SMILES string of the molecule is Cc1c(C(O)CN2CCN(CC(O)c3cc(C(C)C(=O)O)c(C#N)cc3F)CC2)ccc2c1COC2=O. The number of esters is 1. The summed E-state index contributed by atoms with van der Waals surface area (Å²) in [7, 11) is 0. The number of carboxylic acid groups (broad SMARTS) is 1. The number of aliphatic hydroxyl groups excluding tert-OH is 2. The Labute approximate surface area is 214 Å². The van der Waals surface area contributed by atoms with Gasteiger partial charge in [0.1, 0.15) is 12.4 Å². The zero-order valence-corrected chi connectivity index (χ0v) is 20.8. The molecule has 37 heavy (non-hydrogen) atoms. The van der Waals surface area contributed by atoms with Crippen LogP contribution < -0.4 is 0 Å². The number of hydrogen-bond donors (Lipinski definition) is 3. The van der Waals surface area contributed by atoms with E-state index < -0.39 is 29.9 Å². The van der Waals surface area contributed by atoms with Gasteiger partial charge in [0.15, 0.2) is 0 Å². The molecule has 0 aliphatic carbocycles. The molecule has 2 heterocycles. The second kappa shape index (κ2) is 10.9. The van der Waals surface area contributed by atoms with Crippen molar-refractivity contribution in [3.05, 3.63) is 69.0 Å². The van der Waals surface area contributed by atoms with Crippen LogP contribution in [0.25, 0.3) is 0 Å². The standard InChI is InChI=1S/C27H30FN3O6/c1-15-18(3-4-19-22(15)14-37-27(19)36)24(32)12-30-5-7-31(8-6-30)13-25(33)21-10-20(16(2)26(34)35)17(11-29)9-23(21)28/h3-4,9-10,16,24-25,32-33H,5-8,12-14H2,1-2H3,(H,34,35). The van der Waals surface area contributed by atoms with Gasteiger partial charge in [-0.25, -0.2) is 9.18 Å². The van der Waals surface area contributed by atoms with Crippen LogP contribution in [0.15, 0.2) is 24.3 Å². The summed E-state index contributed by atoms with van der Waals surface area (Å²) in [6, 6.07) is 7.55. The van der Waals surface area contributed by atoms with Crippen molar-refractivity contribution in [3.63, 3.8) is 0 Å². The van der Waals surface area contributed by atoms with Gasteiger partial charge >= 0.3 is 11.9 Å². The van der Waals surface area contributed by atoms with Crippen LogP contribution in [0.4, 0.5) is 4.39 Å². The second-order valence-electron chi connectivity index (χ2n) is 9.65. The van der Waals surface area contributed by atoms with Crippen molar-refractivity contribution in [2.75, 3.05) is 39.3 Å². The van der Waals surface area contributed by atoms with Crippen LogP contribution in [0, 0.1) is 24.1 Å². The van der Waals surface area contributed by atoms with Crippen LogP contribution in [-0.2, 0) is 16.1 Å². The van der Waals surface area contributed by atoms with Gasteiger partial charge in [0.2, 0.25) is 0 Å². The van der Waals surface area contributed by atoms with Crippen LogP contribution in [0.1, 0.15) is 68.8 Å². The van der Waals surface area contributed by atoms with Gasteiger partial charge in [-0.15, -0.1) is 0 Å². The number of hydrogen-bond acceptors (Lipinski definition) is 8. The van der Waals surface area contributed by atoms with E-state index in [1.807, 2.05) is 17.9 Å². The molecule has 0 radical (unpaired) electrons. The van der Waals surface area contributed by atoms with E-state index in [1.54, 1.807) is 12.1 Å². The summed E-state index contributed by atoms with van der Waals surface area (Å²) in [6.07, 6.45) is -1.93. The quantitative estimate of drug-likeness (QED) is 0.456. The molecule has 0 amide bonds. The van der Waals surface area contributed by atoms with Crippen LogP contribution in [0.5, 0.6) is 0 Å². The Morgan fingerprint density at radius 1 is 1.08 bits per heavy atom. The molecule has 3 atom stereocenters. The Bertz CT molecular complexity index is 1250. The lowest BCUT2D eigenvalue weighted by atomic mass is 9.92. The third-order valence-electron chi connectivity index (χ3n) is 7.38.